The number of hydrogen-bond donors (Lipinski definition) is 2. The van der Waals surface area contributed by atoms with E-state index in [1.807, 2.05) is 0 Å². The van der Waals surface area contributed by atoms with Gasteiger partial charge < -0.3 is 24.6 Å². The van der Waals surface area contributed by atoms with Gasteiger partial charge in [0.05, 0.1) is 24.7 Å². The predicted octanol–water partition coefficient (Wildman–Crippen LogP) is 1.05. The van der Waals surface area contributed by atoms with Crippen LogP contribution in [0.2, 0.25) is 0 Å². The third kappa shape index (κ3) is 3.69. The summed E-state index contributed by atoms with van der Waals surface area (Å²) in [5, 5.41) is 30.4. The molecule has 0 bridgehead atoms. The van der Waals surface area contributed by atoms with Crippen LogP contribution in [0.15, 0.2) is 12.1 Å². The van der Waals surface area contributed by atoms with Gasteiger partial charge in [0.25, 0.3) is 11.6 Å². The van der Waals surface area contributed by atoms with Crippen molar-refractivity contribution in [1.82, 2.24) is 4.90 Å². The van der Waals surface area contributed by atoms with E-state index in [0.29, 0.717) is 0 Å². The van der Waals surface area contributed by atoms with Crippen molar-refractivity contribution < 1.29 is 34.2 Å². The van der Waals surface area contributed by atoms with E-state index in [1.54, 1.807) is 6.92 Å². The number of amides is 1. The van der Waals surface area contributed by atoms with Crippen molar-refractivity contribution in [3.8, 4) is 11.5 Å². The van der Waals surface area contributed by atoms with Crippen LogP contribution < -0.4 is 9.47 Å². The molecule has 0 aliphatic carbocycles. The van der Waals surface area contributed by atoms with E-state index in [0.717, 1.165) is 6.07 Å². The minimum Gasteiger partial charge on any atom is -0.493 e. The highest BCUT2D eigenvalue weighted by Gasteiger charge is 2.41. The number of nitro groups is 1. The van der Waals surface area contributed by atoms with Crippen molar-refractivity contribution in [1.29, 1.82) is 0 Å². The second-order valence-electron chi connectivity index (χ2n) is 5.84. The molecule has 0 saturated carbocycles. The minimum absolute atomic E-state index is 0.0334. The molecule has 1 aliphatic heterocycles. The third-order valence-electron chi connectivity index (χ3n) is 4.28. The number of carbonyl (C=O) groups excluding carboxylic acids is 1. The minimum atomic E-state index is -1.89. The van der Waals surface area contributed by atoms with Crippen LogP contribution in [0.1, 0.15) is 30.1 Å². The number of benzene rings is 1. The standard InChI is InChI=1S/C16H20N2O8/c1-3-26-13-9-11(18(23)24)10(8-12(13)25-2)14(19)17-6-4-16(22,5-7-17)15(20)21/h8-9,22H,3-7H2,1-2H3,(H,20,21). The van der Waals surface area contributed by atoms with Gasteiger partial charge in [-0.25, -0.2) is 4.79 Å². The predicted molar refractivity (Wildman–Crippen MR) is 88.5 cm³/mol. The Morgan fingerprint density at radius 1 is 1.31 bits per heavy atom. The van der Waals surface area contributed by atoms with Gasteiger partial charge in [0.2, 0.25) is 0 Å². The number of carbonyl (C=O) groups is 2. The number of carboxylic acids is 1. The lowest BCUT2D eigenvalue weighted by Gasteiger charge is -2.35. The summed E-state index contributed by atoms with van der Waals surface area (Å²) in [5.41, 5.74) is -2.51. The molecule has 10 nitrogen and oxygen atoms in total. The number of methoxy groups -OCH3 is 1. The maximum atomic E-state index is 12.7. The summed E-state index contributed by atoms with van der Waals surface area (Å²) in [6.07, 6.45) is -0.313. The molecule has 1 saturated heterocycles. The number of aliphatic hydroxyl groups is 1. The molecular formula is C16H20N2O8. The summed E-state index contributed by atoms with van der Waals surface area (Å²) >= 11 is 0. The number of nitrogens with zero attached hydrogens (tertiary/aromatic N) is 2. The quantitative estimate of drug-likeness (QED) is 0.561. The topological polar surface area (TPSA) is 139 Å². The Bertz CT molecular complexity index is 725. The Morgan fingerprint density at radius 3 is 2.38 bits per heavy atom. The lowest BCUT2D eigenvalue weighted by molar-refractivity contribution is -0.385. The third-order valence-corrected chi connectivity index (χ3v) is 4.28. The number of piperidine rings is 1. The van der Waals surface area contributed by atoms with Gasteiger partial charge in [0.1, 0.15) is 5.56 Å². The average Bonchev–Trinajstić information content (AvgIpc) is 2.61. The number of hydrogen-bond acceptors (Lipinski definition) is 7. The Hall–Kier alpha value is -2.88. The average molecular weight is 368 g/mol. The van der Waals surface area contributed by atoms with Crippen LogP contribution in [0, 0.1) is 10.1 Å². The van der Waals surface area contributed by atoms with Crippen LogP contribution in [0.4, 0.5) is 5.69 Å². The summed E-state index contributed by atoms with van der Waals surface area (Å²) in [5.74, 6) is -1.65. The molecular weight excluding hydrogens is 348 g/mol. The van der Waals surface area contributed by atoms with E-state index in [4.69, 9.17) is 14.6 Å². The lowest BCUT2D eigenvalue weighted by atomic mass is 9.91. The van der Waals surface area contributed by atoms with Crippen LogP contribution >= 0.6 is 0 Å². The van der Waals surface area contributed by atoms with Crippen molar-refractivity contribution in [2.45, 2.75) is 25.4 Å². The largest absolute Gasteiger partial charge is 0.493 e. The van der Waals surface area contributed by atoms with Gasteiger partial charge in [-0.15, -0.1) is 0 Å². The molecule has 1 heterocycles. The molecule has 0 radical (unpaired) electrons. The summed E-state index contributed by atoms with van der Waals surface area (Å²) in [7, 11) is 1.35. The van der Waals surface area contributed by atoms with E-state index in [-0.39, 0.29) is 49.6 Å². The molecule has 142 valence electrons. The zero-order chi connectivity index (χ0) is 19.5. The monoisotopic (exact) mass is 368 g/mol. The highest BCUT2D eigenvalue weighted by Crippen LogP contribution is 2.36. The summed E-state index contributed by atoms with van der Waals surface area (Å²) in [6, 6.07) is 2.37. The number of nitro benzene ring substituents is 1. The normalized spacial score (nSPS) is 16.0. The number of ether oxygens (including phenoxy) is 2. The van der Waals surface area contributed by atoms with Crippen LogP contribution in [0.3, 0.4) is 0 Å². The highest BCUT2D eigenvalue weighted by molar-refractivity contribution is 5.99. The van der Waals surface area contributed by atoms with Gasteiger partial charge in [-0.05, 0) is 6.92 Å². The lowest BCUT2D eigenvalue weighted by Crippen LogP contribution is -2.50. The molecule has 2 rings (SSSR count). The van der Waals surface area contributed by atoms with Crippen LogP contribution in [0.25, 0.3) is 0 Å². The first-order chi connectivity index (χ1) is 12.2. The Kier molecular flexibility index (Phi) is 5.66. The molecule has 0 atom stereocenters. The number of likely N-dealkylation sites (tertiary alicyclic amines) is 1. The zero-order valence-electron chi connectivity index (χ0n) is 14.4. The highest BCUT2D eigenvalue weighted by atomic mass is 16.6. The molecule has 26 heavy (non-hydrogen) atoms. The Balaban J connectivity index is 2.33. The first-order valence-corrected chi connectivity index (χ1v) is 7.97. The van der Waals surface area contributed by atoms with Crippen molar-refractivity contribution in [3.05, 3.63) is 27.8 Å². The molecule has 1 aromatic carbocycles. The first kappa shape index (κ1) is 19.4. The van der Waals surface area contributed by atoms with Gasteiger partial charge in [-0.2, -0.15) is 0 Å². The maximum absolute atomic E-state index is 12.7. The number of carboxylic acid groups (broad SMARTS) is 1. The summed E-state index contributed by atoms with van der Waals surface area (Å²) in [4.78, 5) is 35.8. The maximum Gasteiger partial charge on any atom is 0.335 e. The Morgan fingerprint density at radius 2 is 1.92 bits per heavy atom. The van der Waals surface area contributed by atoms with E-state index in [1.165, 1.54) is 18.1 Å². The molecule has 2 N–H and O–H groups in total. The number of aliphatic carboxylic acids is 1. The molecule has 0 spiro atoms. The van der Waals surface area contributed by atoms with Crippen LogP contribution in [-0.4, -0.2) is 64.3 Å². The SMILES string of the molecule is CCOc1cc([N+](=O)[O-])c(C(=O)N2CCC(O)(C(=O)O)CC2)cc1OC. The van der Waals surface area contributed by atoms with E-state index in [9.17, 15) is 24.8 Å². The second-order valence-corrected chi connectivity index (χ2v) is 5.84. The van der Waals surface area contributed by atoms with Crippen molar-refractivity contribution in [2.24, 2.45) is 0 Å². The molecule has 0 unspecified atom stereocenters. The van der Waals surface area contributed by atoms with Crippen molar-refractivity contribution >= 4 is 17.6 Å². The fourth-order valence-corrected chi connectivity index (χ4v) is 2.76. The van der Waals surface area contributed by atoms with Gasteiger partial charge in [-0.1, -0.05) is 0 Å². The van der Waals surface area contributed by atoms with E-state index >= 15 is 0 Å². The second kappa shape index (κ2) is 7.56. The van der Waals surface area contributed by atoms with Crippen LogP contribution in [-0.2, 0) is 4.79 Å². The van der Waals surface area contributed by atoms with E-state index in [2.05, 4.69) is 0 Å². The molecule has 10 heteroatoms. The molecule has 1 aromatic rings. The molecule has 1 amide bonds. The Labute approximate surface area is 149 Å². The fourth-order valence-electron chi connectivity index (χ4n) is 2.76. The zero-order valence-corrected chi connectivity index (χ0v) is 14.4. The van der Waals surface area contributed by atoms with Crippen molar-refractivity contribution in [2.75, 3.05) is 26.8 Å². The summed E-state index contributed by atoms with van der Waals surface area (Å²) < 4.78 is 10.4. The summed E-state index contributed by atoms with van der Waals surface area (Å²) in [6.45, 7) is 1.91. The van der Waals surface area contributed by atoms with Gasteiger partial charge in [-0.3, -0.25) is 14.9 Å². The fraction of sp³-hybridized carbons (Fsp3) is 0.500. The first-order valence-electron chi connectivity index (χ1n) is 7.97. The molecule has 1 fully saturated rings. The van der Waals surface area contributed by atoms with Crippen molar-refractivity contribution in [3.63, 3.8) is 0 Å². The van der Waals surface area contributed by atoms with Gasteiger partial charge in [0, 0.05) is 32.0 Å². The molecule has 1 aliphatic rings. The van der Waals surface area contributed by atoms with Gasteiger partial charge >= 0.3 is 5.97 Å². The number of rotatable bonds is 6. The smallest absolute Gasteiger partial charge is 0.335 e. The molecule has 0 aromatic heterocycles. The van der Waals surface area contributed by atoms with Crippen LogP contribution in [0.5, 0.6) is 11.5 Å². The van der Waals surface area contributed by atoms with E-state index < -0.39 is 28.1 Å². The van der Waals surface area contributed by atoms with Gasteiger partial charge in [0.15, 0.2) is 17.1 Å².